The largest absolute Gasteiger partial charge is 0.384 e. The first-order valence-electron chi connectivity index (χ1n) is 5.30. The predicted molar refractivity (Wildman–Crippen MR) is 65.1 cm³/mol. The zero-order valence-corrected chi connectivity index (χ0v) is 9.53. The first kappa shape index (κ1) is 12.3. The van der Waals surface area contributed by atoms with Gasteiger partial charge in [0, 0.05) is 5.88 Å². The highest BCUT2D eigenvalue weighted by atomic mass is 35.5. The van der Waals surface area contributed by atoms with Crippen LogP contribution in [0.5, 0.6) is 0 Å². The molecule has 0 spiro atoms. The molecule has 2 heteroatoms. The Kier molecular flexibility index (Phi) is 6.14. The molecule has 0 aliphatic carbocycles. The van der Waals surface area contributed by atoms with E-state index in [-0.39, 0.29) is 0 Å². The van der Waals surface area contributed by atoms with E-state index in [9.17, 15) is 5.11 Å². The summed E-state index contributed by atoms with van der Waals surface area (Å²) < 4.78 is 0. The van der Waals surface area contributed by atoms with Crippen molar-refractivity contribution in [3.8, 4) is 0 Å². The zero-order chi connectivity index (χ0) is 10.9. The molecular weight excluding hydrogens is 208 g/mol. The Morgan fingerprint density at radius 1 is 1.20 bits per heavy atom. The van der Waals surface area contributed by atoms with Gasteiger partial charge < -0.3 is 5.11 Å². The summed E-state index contributed by atoms with van der Waals surface area (Å²) in [6.07, 6.45) is 6.47. The molecule has 0 aliphatic rings. The number of alkyl halides is 1. The fourth-order valence-corrected chi connectivity index (χ4v) is 1.53. The van der Waals surface area contributed by atoms with E-state index in [4.69, 9.17) is 11.6 Å². The van der Waals surface area contributed by atoms with E-state index < -0.39 is 6.10 Å². The Labute approximate surface area is 96.4 Å². The molecule has 82 valence electrons. The van der Waals surface area contributed by atoms with Crippen molar-refractivity contribution in [2.24, 2.45) is 0 Å². The third-order valence-electron chi connectivity index (χ3n) is 2.21. The van der Waals surface area contributed by atoms with Crippen molar-refractivity contribution < 1.29 is 5.11 Å². The first-order chi connectivity index (χ1) is 7.34. The molecule has 0 bridgehead atoms. The second-order valence-electron chi connectivity index (χ2n) is 3.47. The lowest BCUT2D eigenvalue weighted by Gasteiger charge is -2.04. The average Bonchev–Trinajstić information content (AvgIpc) is 2.30. The summed E-state index contributed by atoms with van der Waals surface area (Å²) in [7, 11) is 0. The Morgan fingerprint density at radius 3 is 2.60 bits per heavy atom. The van der Waals surface area contributed by atoms with Gasteiger partial charge in [-0.05, 0) is 24.8 Å². The van der Waals surface area contributed by atoms with Crippen LogP contribution in [0, 0.1) is 0 Å². The smallest absolute Gasteiger partial charge is 0.0971 e. The summed E-state index contributed by atoms with van der Waals surface area (Å²) in [6.45, 7) is 0. The maximum atomic E-state index is 9.76. The lowest BCUT2D eigenvalue weighted by molar-refractivity contribution is 0.228. The Balaban J connectivity index is 2.32. The average molecular weight is 225 g/mol. The van der Waals surface area contributed by atoms with Crippen molar-refractivity contribution in [2.45, 2.75) is 25.4 Å². The molecule has 0 unspecified atom stereocenters. The normalized spacial score (nSPS) is 13.2. The van der Waals surface area contributed by atoms with E-state index in [0.717, 1.165) is 30.7 Å². The Bertz CT molecular complexity index is 282. The van der Waals surface area contributed by atoms with Crippen molar-refractivity contribution in [2.75, 3.05) is 5.88 Å². The molecule has 0 heterocycles. The highest BCUT2D eigenvalue weighted by molar-refractivity contribution is 6.17. The fraction of sp³-hybridized carbons (Fsp3) is 0.385. The molecule has 15 heavy (non-hydrogen) atoms. The van der Waals surface area contributed by atoms with Crippen LogP contribution in [-0.4, -0.2) is 11.0 Å². The van der Waals surface area contributed by atoms with Crippen molar-refractivity contribution in [1.82, 2.24) is 0 Å². The molecule has 0 fully saturated rings. The van der Waals surface area contributed by atoms with E-state index in [0.29, 0.717) is 0 Å². The van der Waals surface area contributed by atoms with Crippen molar-refractivity contribution >= 4 is 11.6 Å². The van der Waals surface area contributed by atoms with Crippen LogP contribution in [0.15, 0.2) is 42.5 Å². The number of aliphatic hydroxyl groups is 1. The number of halogens is 1. The molecule has 1 rings (SSSR count). The van der Waals surface area contributed by atoms with Gasteiger partial charge >= 0.3 is 0 Å². The van der Waals surface area contributed by atoms with Crippen molar-refractivity contribution in [3.63, 3.8) is 0 Å². The van der Waals surface area contributed by atoms with Crippen LogP contribution in [0.1, 0.15) is 30.9 Å². The molecule has 1 atom stereocenters. The molecule has 0 saturated carbocycles. The van der Waals surface area contributed by atoms with E-state index in [1.165, 1.54) is 0 Å². The molecule has 0 aliphatic heterocycles. The van der Waals surface area contributed by atoms with Gasteiger partial charge in [0.1, 0.15) is 0 Å². The standard InChI is InChI=1S/C13H17ClO/c14-11-7-2-1-6-10-13(15)12-8-4-3-5-9-12/h3-6,8-10,13,15H,1-2,7,11H2/b10-6+/t13-/m0/s1. The molecule has 0 saturated heterocycles. The molecule has 0 aromatic heterocycles. The monoisotopic (exact) mass is 224 g/mol. The van der Waals surface area contributed by atoms with Crippen LogP contribution < -0.4 is 0 Å². The number of unbranched alkanes of at least 4 members (excludes halogenated alkanes) is 2. The molecule has 1 N–H and O–H groups in total. The summed E-state index contributed by atoms with van der Waals surface area (Å²) in [5, 5.41) is 9.76. The molecule has 0 radical (unpaired) electrons. The molecule has 0 amide bonds. The number of hydrogen-bond acceptors (Lipinski definition) is 1. The number of aliphatic hydroxyl groups excluding tert-OH is 1. The highest BCUT2D eigenvalue weighted by Crippen LogP contribution is 2.13. The van der Waals surface area contributed by atoms with Gasteiger partial charge in [0.25, 0.3) is 0 Å². The summed E-state index contributed by atoms with van der Waals surface area (Å²) in [6, 6.07) is 9.65. The van der Waals surface area contributed by atoms with Gasteiger partial charge in [-0.15, -0.1) is 11.6 Å². The number of hydrogen-bond donors (Lipinski definition) is 1. The van der Waals surface area contributed by atoms with E-state index in [1.807, 2.05) is 42.5 Å². The molecule has 1 nitrogen and oxygen atoms in total. The number of rotatable bonds is 6. The summed E-state index contributed by atoms with van der Waals surface area (Å²) >= 11 is 5.57. The van der Waals surface area contributed by atoms with Gasteiger partial charge in [-0.2, -0.15) is 0 Å². The minimum Gasteiger partial charge on any atom is -0.384 e. The van der Waals surface area contributed by atoms with Crippen LogP contribution >= 0.6 is 11.6 Å². The first-order valence-corrected chi connectivity index (χ1v) is 5.83. The second kappa shape index (κ2) is 7.49. The van der Waals surface area contributed by atoms with E-state index in [1.54, 1.807) is 0 Å². The van der Waals surface area contributed by atoms with Gasteiger partial charge in [0.2, 0.25) is 0 Å². The van der Waals surface area contributed by atoms with Gasteiger partial charge in [0.15, 0.2) is 0 Å². The molecular formula is C13H17ClO. The van der Waals surface area contributed by atoms with Crippen molar-refractivity contribution in [3.05, 3.63) is 48.0 Å². The predicted octanol–water partition coefficient (Wildman–Crippen LogP) is 3.69. The highest BCUT2D eigenvalue weighted by Gasteiger charge is 2.00. The molecule has 1 aromatic rings. The fourth-order valence-electron chi connectivity index (χ4n) is 1.34. The van der Waals surface area contributed by atoms with Gasteiger partial charge in [-0.25, -0.2) is 0 Å². The molecule has 1 aromatic carbocycles. The quantitative estimate of drug-likeness (QED) is 0.444. The van der Waals surface area contributed by atoms with Crippen LogP contribution in [0.4, 0.5) is 0 Å². The topological polar surface area (TPSA) is 20.2 Å². The zero-order valence-electron chi connectivity index (χ0n) is 8.77. The SMILES string of the molecule is O[C@@H](/C=C/CCCCCl)c1ccccc1. The summed E-state index contributed by atoms with van der Waals surface area (Å²) in [4.78, 5) is 0. The van der Waals surface area contributed by atoms with Crippen molar-refractivity contribution in [1.29, 1.82) is 0 Å². The van der Waals surface area contributed by atoms with Crippen LogP contribution in [0.2, 0.25) is 0 Å². The third-order valence-corrected chi connectivity index (χ3v) is 2.48. The Hall–Kier alpha value is -0.790. The number of allylic oxidation sites excluding steroid dienone is 1. The Morgan fingerprint density at radius 2 is 1.93 bits per heavy atom. The van der Waals surface area contributed by atoms with Gasteiger partial charge in [-0.3, -0.25) is 0 Å². The van der Waals surface area contributed by atoms with Gasteiger partial charge in [-0.1, -0.05) is 42.5 Å². The van der Waals surface area contributed by atoms with Crippen LogP contribution in [0.3, 0.4) is 0 Å². The van der Waals surface area contributed by atoms with E-state index in [2.05, 4.69) is 0 Å². The second-order valence-corrected chi connectivity index (χ2v) is 3.85. The van der Waals surface area contributed by atoms with Crippen LogP contribution in [-0.2, 0) is 0 Å². The minimum absolute atomic E-state index is 0.484. The maximum absolute atomic E-state index is 9.76. The van der Waals surface area contributed by atoms with E-state index >= 15 is 0 Å². The summed E-state index contributed by atoms with van der Waals surface area (Å²) in [5.41, 5.74) is 0.936. The third kappa shape index (κ3) is 5.01. The minimum atomic E-state index is -0.484. The summed E-state index contributed by atoms with van der Waals surface area (Å²) in [5.74, 6) is 0.717. The maximum Gasteiger partial charge on any atom is 0.0971 e. The van der Waals surface area contributed by atoms with Gasteiger partial charge in [0.05, 0.1) is 6.10 Å². The van der Waals surface area contributed by atoms with Crippen LogP contribution in [0.25, 0.3) is 0 Å². The lowest BCUT2D eigenvalue weighted by Crippen LogP contribution is -1.91. The lowest BCUT2D eigenvalue weighted by atomic mass is 10.1. The number of benzene rings is 1.